The lowest BCUT2D eigenvalue weighted by Crippen LogP contribution is -2.60. The van der Waals surface area contributed by atoms with Crippen molar-refractivity contribution in [2.45, 2.75) is 126 Å². The van der Waals surface area contributed by atoms with Gasteiger partial charge in [-0.1, -0.05) is 64.1 Å². The number of H-pyrrole nitrogens is 1. The minimum Gasteiger partial charge on any atom is -0.492 e. The number of hydrogen-bond donors (Lipinski definition) is 4. The highest BCUT2D eigenvalue weighted by Gasteiger charge is 2.50. The number of hydrogen-bond acceptors (Lipinski definition) is 13. The van der Waals surface area contributed by atoms with Crippen LogP contribution < -0.4 is 24.4 Å². The predicted octanol–water partition coefficient (Wildman–Crippen LogP) is 11.0. The number of anilines is 2. The number of benzene rings is 4. The third-order valence-electron chi connectivity index (χ3n) is 17.6. The van der Waals surface area contributed by atoms with Gasteiger partial charge in [-0.2, -0.15) is 0 Å². The van der Waals surface area contributed by atoms with E-state index in [4.69, 9.17) is 9.47 Å². The molecule has 0 radical (unpaired) electrons. The van der Waals surface area contributed by atoms with Gasteiger partial charge in [0.15, 0.2) is 0 Å². The van der Waals surface area contributed by atoms with E-state index in [2.05, 4.69) is 105 Å². The summed E-state index contributed by atoms with van der Waals surface area (Å²) in [5.41, 5.74) is 5.51. The lowest BCUT2D eigenvalue weighted by atomic mass is 9.59. The average Bonchev–Trinajstić information content (AvgIpc) is 4.07. The molecule has 4 N–H and O–H groups in total. The number of nitrogens with one attached hydrogen (secondary N) is 3. The number of aromatic amines is 1. The zero-order valence-corrected chi connectivity index (χ0v) is 46.0. The molecule has 2 aromatic heterocycles. The Morgan fingerprint density at radius 3 is 2.50 bits per heavy atom. The summed E-state index contributed by atoms with van der Waals surface area (Å²) in [6.07, 6.45) is 9.48. The van der Waals surface area contributed by atoms with E-state index in [1.54, 1.807) is 19.1 Å². The maximum atomic E-state index is 14.8. The first-order valence-electron chi connectivity index (χ1n) is 27.6. The van der Waals surface area contributed by atoms with E-state index >= 15 is 0 Å². The van der Waals surface area contributed by atoms with Gasteiger partial charge in [0.2, 0.25) is 0 Å². The van der Waals surface area contributed by atoms with Crippen molar-refractivity contribution in [1.29, 1.82) is 0 Å². The highest BCUT2D eigenvalue weighted by atomic mass is 32.2. The maximum Gasteiger partial charge on any atom is 0.293 e. The van der Waals surface area contributed by atoms with Crippen molar-refractivity contribution in [2.75, 3.05) is 56.1 Å². The molecule has 11 rings (SSSR count). The van der Waals surface area contributed by atoms with Gasteiger partial charge in [0.1, 0.15) is 34.4 Å². The Balaban J connectivity index is 0.783. The van der Waals surface area contributed by atoms with Crippen LogP contribution in [0.5, 0.6) is 17.2 Å². The zero-order chi connectivity index (χ0) is 54.7. The molecule has 4 fully saturated rings. The largest absolute Gasteiger partial charge is 0.492 e. The fourth-order valence-corrected chi connectivity index (χ4v) is 13.9. The van der Waals surface area contributed by atoms with Gasteiger partial charge in [-0.05, 0) is 129 Å². The van der Waals surface area contributed by atoms with E-state index < -0.39 is 42.9 Å². The number of ether oxygens (including phenoxy) is 2. The summed E-state index contributed by atoms with van der Waals surface area (Å²) in [4.78, 5) is 40.0. The monoisotopic (exact) mass is 1080 g/mol. The summed E-state index contributed by atoms with van der Waals surface area (Å²) in [5, 5.41) is 25.9. The Kier molecular flexibility index (Phi) is 14.3. The average molecular weight is 1080 g/mol. The number of carbonyl (C=O) groups is 1. The zero-order valence-electron chi connectivity index (χ0n) is 45.2. The van der Waals surface area contributed by atoms with Crippen LogP contribution in [-0.2, 0) is 22.0 Å². The van der Waals surface area contributed by atoms with E-state index in [0.717, 1.165) is 95.3 Å². The van der Waals surface area contributed by atoms with E-state index in [0.29, 0.717) is 43.6 Å². The van der Waals surface area contributed by atoms with E-state index in [1.165, 1.54) is 58.9 Å². The number of nitrogens with zero attached hydrogens (tertiary/aromatic N) is 5. The topological polar surface area (TPSA) is 195 Å². The molecule has 0 unspecified atom stereocenters. The van der Waals surface area contributed by atoms with Crippen LogP contribution in [-0.4, -0.2) is 102 Å². The van der Waals surface area contributed by atoms with Gasteiger partial charge < -0.3 is 29.8 Å². The number of halogens is 1. The number of piperazine rings is 1. The number of carbonyl (C=O) groups excluding carboxylic acids is 1. The number of amides is 1. The fraction of sp³-hybridized carbons (Fsp3) is 0.467. The highest BCUT2D eigenvalue weighted by Crippen LogP contribution is 2.54. The summed E-state index contributed by atoms with van der Waals surface area (Å²) in [6, 6.07) is 26.4. The minimum absolute atomic E-state index is 0.0235. The fourth-order valence-electron chi connectivity index (χ4n) is 12.9. The van der Waals surface area contributed by atoms with Crippen LogP contribution in [0.3, 0.4) is 0 Å². The molecule has 2 saturated carbocycles. The molecule has 1 atom stereocenters. The SMILES string of the molecule is CC(C)c1ccccc1[C@@H]1CN(Cc2ccc3c(c2)OCC3(C)C)CCN1C1CC2(CCN(c3ccc(C(=O)NS(=O)(=O)c4ccc(NCC5CCC(C)(O)CC5)c([N+](=O)[O-])c4)c(Oc4cnc5[nH]cc(F)c5c4)c3)CC2)C1. The number of fused-ring (bicyclic) bond motifs is 2. The van der Waals surface area contributed by atoms with Crippen LogP contribution in [0.25, 0.3) is 11.0 Å². The van der Waals surface area contributed by atoms with Gasteiger partial charge in [-0.25, -0.2) is 22.5 Å². The number of nitro benzene ring substituents is 1. The minimum atomic E-state index is -4.65. The van der Waals surface area contributed by atoms with Crippen molar-refractivity contribution in [2.24, 2.45) is 11.3 Å². The Bertz CT molecular complexity index is 3360. The first-order valence-corrected chi connectivity index (χ1v) is 29.0. The second-order valence-corrected chi connectivity index (χ2v) is 25.7. The van der Waals surface area contributed by atoms with Crippen molar-refractivity contribution in [3.63, 3.8) is 0 Å². The normalized spacial score (nSPS) is 22.5. The third-order valence-corrected chi connectivity index (χ3v) is 18.9. The van der Waals surface area contributed by atoms with Crippen molar-refractivity contribution < 1.29 is 37.1 Å². The van der Waals surface area contributed by atoms with Gasteiger partial charge in [0.25, 0.3) is 21.6 Å². The summed E-state index contributed by atoms with van der Waals surface area (Å²) >= 11 is 0. The second kappa shape index (κ2) is 20.9. The van der Waals surface area contributed by atoms with Crippen LogP contribution in [0.1, 0.15) is 131 Å². The molecule has 5 aliphatic rings. The van der Waals surface area contributed by atoms with Crippen molar-refractivity contribution in [1.82, 2.24) is 24.5 Å². The lowest BCUT2D eigenvalue weighted by molar-refractivity contribution is -0.384. The third kappa shape index (κ3) is 10.9. The molecule has 16 nitrogen and oxygen atoms in total. The Hall–Kier alpha value is -6.60. The first kappa shape index (κ1) is 53.4. The maximum absolute atomic E-state index is 14.8. The lowest BCUT2D eigenvalue weighted by Gasteiger charge is -2.58. The van der Waals surface area contributed by atoms with Crippen LogP contribution in [0.15, 0.2) is 102 Å². The number of aromatic nitrogens is 2. The van der Waals surface area contributed by atoms with E-state index in [1.807, 2.05) is 0 Å². The van der Waals surface area contributed by atoms with Gasteiger partial charge in [-0.15, -0.1) is 0 Å². The Morgan fingerprint density at radius 1 is 0.974 bits per heavy atom. The molecule has 1 spiro atoms. The molecule has 18 heteroatoms. The molecule has 2 aliphatic carbocycles. The van der Waals surface area contributed by atoms with Crippen LogP contribution in [0.2, 0.25) is 0 Å². The van der Waals surface area contributed by atoms with Gasteiger partial charge in [0, 0.05) is 92.9 Å². The smallest absolute Gasteiger partial charge is 0.293 e. The highest BCUT2D eigenvalue weighted by molar-refractivity contribution is 7.90. The second-order valence-electron chi connectivity index (χ2n) is 24.0. The molecule has 412 valence electrons. The van der Waals surface area contributed by atoms with Gasteiger partial charge in [0.05, 0.1) is 39.2 Å². The molecule has 0 bridgehead atoms. The summed E-state index contributed by atoms with van der Waals surface area (Å²) in [7, 11) is -4.65. The summed E-state index contributed by atoms with van der Waals surface area (Å²) < 4.78 is 57.1. The number of sulfonamides is 1. The molecule has 2 saturated heterocycles. The molecule has 4 aromatic carbocycles. The van der Waals surface area contributed by atoms with Crippen molar-refractivity contribution in [3.05, 3.63) is 141 Å². The van der Waals surface area contributed by atoms with Crippen LogP contribution >= 0.6 is 0 Å². The molecule has 78 heavy (non-hydrogen) atoms. The van der Waals surface area contributed by atoms with E-state index in [9.17, 15) is 32.8 Å². The quantitative estimate of drug-likeness (QED) is 0.0561. The van der Waals surface area contributed by atoms with Crippen LogP contribution in [0.4, 0.5) is 21.5 Å². The molecule has 5 heterocycles. The van der Waals surface area contributed by atoms with Gasteiger partial charge >= 0.3 is 0 Å². The number of nitro groups is 1. The Morgan fingerprint density at radius 2 is 1.74 bits per heavy atom. The standard InChI is InChI=1S/C60H71FN8O8S/c1-38(2)45-8-6-7-9-46(45)53-36-66(35-40-10-14-49-55(26-40)76-37-58(49,3)4)24-25-68(53)42-30-60(31-42)20-22-67(23-21-60)41-11-13-47(54(27-41)77-43-28-48-50(61)34-64-56(48)63-33-43)57(70)65-78(74,75)44-12-15-51(52(29-44)69(72)73)62-32-39-16-18-59(5,71)19-17-39/h6-15,26-29,33-34,38-39,42,53,62,71H,16-25,30-32,35-37H2,1-5H3,(H,63,64)(H,65,70)/t39?,53-,59?/m0/s1. The van der Waals surface area contributed by atoms with E-state index in [-0.39, 0.29) is 50.9 Å². The predicted molar refractivity (Wildman–Crippen MR) is 299 cm³/mol. The number of pyridine rings is 1. The summed E-state index contributed by atoms with van der Waals surface area (Å²) in [6.45, 7) is 17.3. The number of aliphatic hydroxyl groups is 1. The molecular weight excluding hydrogens is 1010 g/mol. The van der Waals surface area contributed by atoms with Crippen molar-refractivity contribution >= 4 is 44.0 Å². The molecule has 3 aliphatic heterocycles. The summed E-state index contributed by atoms with van der Waals surface area (Å²) in [5.74, 6) is 0.181. The number of rotatable bonds is 15. The van der Waals surface area contributed by atoms with Crippen molar-refractivity contribution in [3.8, 4) is 17.2 Å². The molecule has 6 aromatic rings. The first-order chi connectivity index (χ1) is 37.2. The molecule has 1 amide bonds. The Labute approximate surface area is 455 Å². The van der Waals surface area contributed by atoms with Crippen LogP contribution in [0, 0.1) is 27.3 Å². The number of piperidine rings is 1. The molecular formula is C60H71FN8O8S. The van der Waals surface area contributed by atoms with Gasteiger partial charge in [-0.3, -0.25) is 24.7 Å².